The molecule has 0 N–H and O–H groups in total. The van der Waals surface area contributed by atoms with Crippen molar-refractivity contribution in [1.29, 1.82) is 0 Å². The lowest BCUT2D eigenvalue weighted by Crippen LogP contribution is -2.29. The van der Waals surface area contributed by atoms with Gasteiger partial charge in [-0.05, 0) is 6.92 Å². The van der Waals surface area contributed by atoms with Gasteiger partial charge in [0.1, 0.15) is 5.78 Å². The molecule has 1 fully saturated rings. The van der Waals surface area contributed by atoms with E-state index in [1.165, 1.54) is 25.6 Å². The number of thioether (sulfide) groups is 1. The molecule has 1 saturated heterocycles. The van der Waals surface area contributed by atoms with Crippen molar-refractivity contribution in [1.82, 2.24) is 0 Å². The number of esters is 1. The van der Waals surface area contributed by atoms with Crippen LogP contribution in [0.3, 0.4) is 0 Å². The van der Waals surface area contributed by atoms with E-state index in [0.717, 1.165) is 0 Å². The molecule has 1 unspecified atom stereocenters. The highest BCUT2D eigenvalue weighted by atomic mass is 32.2. The zero-order chi connectivity index (χ0) is 12.0. The molecular weight excluding hydrogens is 232 g/mol. The fourth-order valence-electron chi connectivity index (χ4n) is 1.18. The van der Waals surface area contributed by atoms with Crippen molar-refractivity contribution in [2.45, 2.75) is 32.0 Å². The van der Waals surface area contributed by atoms with Crippen LogP contribution in [0.5, 0.6) is 0 Å². The molecule has 1 rings (SSSR count). The Balaban J connectivity index is 2.36. The predicted octanol–water partition coefficient (Wildman–Crippen LogP) is 0.961. The molecule has 1 aliphatic heterocycles. The lowest BCUT2D eigenvalue weighted by Gasteiger charge is -2.20. The first-order valence-electron chi connectivity index (χ1n) is 5.11. The molecule has 1 atom stereocenters. The summed E-state index contributed by atoms with van der Waals surface area (Å²) in [7, 11) is 0. The summed E-state index contributed by atoms with van der Waals surface area (Å²) in [6, 6.07) is 0. The molecule has 0 aromatic rings. The highest BCUT2D eigenvalue weighted by molar-refractivity contribution is 7.99. The molecule has 16 heavy (non-hydrogen) atoms. The number of ether oxygens (including phenoxy) is 3. The Labute approximate surface area is 98.8 Å². The van der Waals surface area contributed by atoms with Gasteiger partial charge in [-0.25, -0.2) is 0 Å². The summed E-state index contributed by atoms with van der Waals surface area (Å²) in [4.78, 5) is 21.7. The molecule has 0 saturated carbocycles. The van der Waals surface area contributed by atoms with Gasteiger partial charge in [0.15, 0.2) is 5.44 Å². The molecule has 0 aromatic carbocycles. The molecule has 1 aliphatic rings. The summed E-state index contributed by atoms with van der Waals surface area (Å²) in [5, 5.41) is 0. The maximum Gasteiger partial charge on any atom is 0.303 e. The minimum atomic E-state index is -0.513. The zero-order valence-corrected chi connectivity index (χ0v) is 10.2. The molecule has 6 heteroatoms. The minimum absolute atomic E-state index is 0.113. The Kier molecular flexibility index (Phi) is 5.79. The van der Waals surface area contributed by atoms with Crippen molar-refractivity contribution in [2.75, 3.05) is 19.0 Å². The molecule has 0 aromatic heterocycles. The second kappa shape index (κ2) is 6.88. The van der Waals surface area contributed by atoms with Crippen molar-refractivity contribution in [3.8, 4) is 0 Å². The SMILES string of the molecule is CC(=O)CCSC(OC(C)=O)C1OCCO1. The molecule has 0 radical (unpaired) electrons. The first kappa shape index (κ1) is 13.5. The normalized spacial score (nSPS) is 18.4. The second-order valence-electron chi connectivity index (χ2n) is 3.41. The molecule has 0 spiro atoms. The number of hydrogen-bond acceptors (Lipinski definition) is 6. The fourth-order valence-corrected chi connectivity index (χ4v) is 2.34. The van der Waals surface area contributed by atoms with Crippen LogP contribution in [-0.2, 0) is 23.8 Å². The van der Waals surface area contributed by atoms with E-state index in [2.05, 4.69) is 0 Å². The summed E-state index contributed by atoms with van der Waals surface area (Å²) in [5.41, 5.74) is -0.487. The van der Waals surface area contributed by atoms with Crippen LogP contribution in [0, 0.1) is 0 Å². The van der Waals surface area contributed by atoms with Crippen LogP contribution in [0.15, 0.2) is 0 Å². The van der Waals surface area contributed by atoms with Crippen molar-refractivity contribution in [2.24, 2.45) is 0 Å². The molecule has 5 nitrogen and oxygen atoms in total. The van der Waals surface area contributed by atoms with Crippen LogP contribution in [0.25, 0.3) is 0 Å². The minimum Gasteiger partial charge on any atom is -0.446 e. The molecule has 92 valence electrons. The Morgan fingerprint density at radius 1 is 1.38 bits per heavy atom. The van der Waals surface area contributed by atoms with E-state index in [9.17, 15) is 9.59 Å². The quantitative estimate of drug-likeness (QED) is 0.515. The summed E-state index contributed by atoms with van der Waals surface area (Å²) < 4.78 is 15.6. The Morgan fingerprint density at radius 2 is 2.00 bits per heavy atom. The average Bonchev–Trinajstić information content (AvgIpc) is 2.67. The summed E-state index contributed by atoms with van der Waals surface area (Å²) in [5.74, 6) is 0.331. The van der Waals surface area contributed by atoms with E-state index in [-0.39, 0.29) is 11.8 Å². The maximum atomic E-state index is 10.9. The first-order chi connectivity index (χ1) is 7.59. The Bertz CT molecular complexity index is 250. The van der Waals surface area contributed by atoms with E-state index in [1.807, 2.05) is 0 Å². The summed E-state index contributed by atoms with van der Waals surface area (Å²) in [6.07, 6.45) is -0.0596. The smallest absolute Gasteiger partial charge is 0.303 e. The molecule has 0 amide bonds. The second-order valence-corrected chi connectivity index (χ2v) is 4.62. The number of rotatable bonds is 6. The lowest BCUT2D eigenvalue weighted by atomic mass is 10.4. The van der Waals surface area contributed by atoms with E-state index in [0.29, 0.717) is 25.4 Å². The topological polar surface area (TPSA) is 61.8 Å². The van der Waals surface area contributed by atoms with Gasteiger partial charge in [0.2, 0.25) is 6.29 Å². The summed E-state index contributed by atoms with van der Waals surface area (Å²) >= 11 is 1.36. The third-order valence-corrected chi connectivity index (χ3v) is 2.97. The van der Waals surface area contributed by atoms with Crippen LogP contribution in [0.4, 0.5) is 0 Å². The van der Waals surface area contributed by atoms with Crippen LogP contribution in [-0.4, -0.2) is 42.4 Å². The van der Waals surface area contributed by atoms with E-state index in [1.54, 1.807) is 0 Å². The molecule has 0 aliphatic carbocycles. The third-order valence-electron chi connectivity index (χ3n) is 1.89. The van der Waals surface area contributed by atoms with E-state index < -0.39 is 11.7 Å². The fraction of sp³-hybridized carbons (Fsp3) is 0.800. The standard InChI is InChI=1S/C10H16O5S/c1-7(11)3-6-16-10(15-8(2)12)9-13-4-5-14-9/h9-10H,3-6H2,1-2H3. The van der Waals surface area contributed by atoms with Gasteiger partial charge in [0, 0.05) is 19.1 Å². The zero-order valence-electron chi connectivity index (χ0n) is 9.43. The van der Waals surface area contributed by atoms with Gasteiger partial charge >= 0.3 is 5.97 Å². The number of carbonyl (C=O) groups excluding carboxylic acids is 2. The Hall–Kier alpha value is -0.590. The first-order valence-corrected chi connectivity index (χ1v) is 6.16. The number of carbonyl (C=O) groups is 2. The van der Waals surface area contributed by atoms with Crippen LogP contribution >= 0.6 is 11.8 Å². The van der Waals surface area contributed by atoms with Crippen molar-refractivity contribution in [3.05, 3.63) is 0 Å². The lowest BCUT2D eigenvalue weighted by molar-refractivity contribution is -0.158. The van der Waals surface area contributed by atoms with Gasteiger partial charge in [-0.3, -0.25) is 9.59 Å². The number of ketones is 1. The van der Waals surface area contributed by atoms with Crippen LogP contribution in [0.2, 0.25) is 0 Å². The highest BCUT2D eigenvalue weighted by Crippen LogP contribution is 2.23. The van der Waals surface area contributed by atoms with Gasteiger partial charge in [0.25, 0.3) is 0 Å². The highest BCUT2D eigenvalue weighted by Gasteiger charge is 2.29. The van der Waals surface area contributed by atoms with Gasteiger partial charge in [0.05, 0.1) is 13.2 Å². The largest absolute Gasteiger partial charge is 0.446 e. The van der Waals surface area contributed by atoms with Crippen LogP contribution in [0.1, 0.15) is 20.3 Å². The van der Waals surface area contributed by atoms with Gasteiger partial charge < -0.3 is 14.2 Å². The van der Waals surface area contributed by atoms with E-state index in [4.69, 9.17) is 14.2 Å². The molecule has 0 bridgehead atoms. The van der Waals surface area contributed by atoms with Crippen molar-refractivity contribution in [3.63, 3.8) is 0 Å². The van der Waals surface area contributed by atoms with Crippen LogP contribution < -0.4 is 0 Å². The predicted molar refractivity (Wildman–Crippen MR) is 59.0 cm³/mol. The van der Waals surface area contributed by atoms with Crippen molar-refractivity contribution >= 4 is 23.5 Å². The number of Topliss-reactive ketones (excluding diaryl/α,β-unsaturated/α-hetero) is 1. The van der Waals surface area contributed by atoms with E-state index >= 15 is 0 Å². The molecular formula is C10H16O5S. The molecule has 1 heterocycles. The van der Waals surface area contributed by atoms with Crippen molar-refractivity contribution < 1.29 is 23.8 Å². The summed E-state index contributed by atoms with van der Waals surface area (Å²) in [6.45, 7) is 3.89. The maximum absolute atomic E-state index is 10.9. The van der Waals surface area contributed by atoms with Gasteiger partial charge in [-0.2, -0.15) is 0 Å². The van der Waals surface area contributed by atoms with Gasteiger partial charge in [-0.15, -0.1) is 11.8 Å². The Morgan fingerprint density at radius 3 is 2.50 bits per heavy atom. The average molecular weight is 248 g/mol. The third kappa shape index (κ3) is 4.96. The monoisotopic (exact) mass is 248 g/mol. The number of hydrogen-bond donors (Lipinski definition) is 0. The van der Waals surface area contributed by atoms with Gasteiger partial charge in [-0.1, -0.05) is 0 Å².